The first kappa shape index (κ1) is 10.1. The van der Waals surface area contributed by atoms with E-state index in [4.69, 9.17) is 0 Å². The van der Waals surface area contributed by atoms with Gasteiger partial charge in [-0.3, -0.25) is 9.69 Å². The molecule has 15 heavy (non-hydrogen) atoms. The molecule has 1 N–H and O–H groups in total. The zero-order valence-electron chi connectivity index (χ0n) is 7.74. The second kappa shape index (κ2) is 3.98. The number of aromatic nitrogens is 1. The Morgan fingerprint density at radius 3 is 2.87 bits per heavy atom. The van der Waals surface area contributed by atoms with Crippen LogP contribution in [0.5, 0.6) is 0 Å². The van der Waals surface area contributed by atoms with E-state index in [-0.39, 0.29) is 11.9 Å². The van der Waals surface area contributed by atoms with Gasteiger partial charge in [-0.1, -0.05) is 0 Å². The van der Waals surface area contributed by atoms with Crippen LogP contribution in [0.15, 0.2) is 22.9 Å². The van der Waals surface area contributed by atoms with E-state index >= 15 is 0 Å². The van der Waals surface area contributed by atoms with Crippen molar-refractivity contribution in [2.45, 2.75) is 0 Å². The summed E-state index contributed by atoms with van der Waals surface area (Å²) in [7, 11) is 0. The van der Waals surface area contributed by atoms with Gasteiger partial charge in [-0.25, -0.2) is 9.78 Å². The molecule has 1 saturated heterocycles. The zero-order valence-corrected chi connectivity index (χ0v) is 9.32. The second-order valence-corrected chi connectivity index (χ2v) is 3.87. The third kappa shape index (κ3) is 1.99. The van der Waals surface area contributed by atoms with Crippen LogP contribution in [0.4, 0.5) is 4.79 Å². The van der Waals surface area contributed by atoms with Gasteiger partial charge in [0.15, 0.2) is 0 Å². The van der Waals surface area contributed by atoms with Crippen molar-refractivity contribution in [1.82, 2.24) is 15.2 Å². The van der Waals surface area contributed by atoms with Gasteiger partial charge in [-0.05, 0) is 28.1 Å². The number of pyridine rings is 1. The maximum Gasteiger partial charge on any atom is 0.324 e. The molecular formula is C9H8BrN3O2. The predicted molar refractivity (Wildman–Crippen MR) is 56.4 cm³/mol. The number of imide groups is 1. The smallest absolute Gasteiger partial charge is 0.324 e. The van der Waals surface area contributed by atoms with Gasteiger partial charge in [0.2, 0.25) is 0 Å². The maximum atomic E-state index is 11.8. The molecule has 1 fully saturated rings. The Morgan fingerprint density at radius 2 is 2.33 bits per heavy atom. The molecule has 0 aliphatic carbocycles. The highest BCUT2D eigenvalue weighted by molar-refractivity contribution is 9.10. The number of nitrogens with zero attached hydrogens (tertiary/aromatic N) is 2. The van der Waals surface area contributed by atoms with Gasteiger partial charge >= 0.3 is 6.03 Å². The molecule has 1 aliphatic heterocycles. The first-order valence-corrected chi connectivity index (χ1v) is 5.19. The van der Waals surface area contributed by atoms with Crippen LogP contribution in [0, 0.1) is 0 Å². The van der Waals surface area contributed by atoms with Crippen LogP contribution in [0.2, 0.25) is 0 Å². The quantitative estimate of drug-likeness (QED) is 0.774. The van der Waals surface area contributed by atoms with E-state index in [1.165, 1.54) is 11.1 Å². The molecule has 0 spiro atoms. The van der Waals surface area contributed by atoms with Crippen LogP contribution >= 0.6 is 15.9 Å². The van der Waals surface area contributed by atoms with Gasteiger partial charge in [0.1, 0.15) is 4.60 Å². The van der Waals surface area contributed by atoms with E-state index in [1.54, 1.807) is 12.1 Å². The van der Waals surface area contributed by atoms with Gasteiger partial charge in [-0.2, -0.15) is 0 Å². The first-order valence-electron chi connectivity index (χ1n) is 4.40. The topological polar surface area (TPSA) is 62.3 Å². The highest BCUT2D eigenvalue weighted by atomic mass is 79.9. The molecule has 0 radical (unpaired) electrons. The predicted octanol–water partition coefficient (Wildman–Crippen LogP) is 1.01. The Kier molecular flexibility index (Phi) is 2.68. The van der Waals surface area contributed by atoms with Crippen LogP contribution in [0.3, 0.4) is 0 Å². The molecule has 1 aliphatic rings. The molecular weight excluding hydrogens is 262 g/mol. The largest absolute Gasteiger partial charge is 0.336 e. The highest BCUT2D eigenvalue weighted by Crippen LogP contribution is 2.10. The van der Waals surface area contributed by atoms with Crippen molar-refractivity contribution in [3.63, 3.8) is 0 Å². The molecule has 0 aromatic carbocycles. The van der Waals surface area contributed by atoms with Crippen molar-refractivity contribution in [2.24, 2.45) is 0 Å². The lowest BCUT2D eigenvalue weighted by molar-refractivity contribution is 0.0829. The molecule has 1 aromatic rings. The number of amides is 3. The van der Waals surface area contributed by atoms with Crippen molar-refractivity contribution < 1.29 is 9.59 Å². The Labute approximate surface area is 94.6 Å². The first-order chi connectivity index (χ1) is 7.18. The fraction of sp³-hybridized carbons (Fsp3) is 0.222. The summed E-state index contributed by atoms with van der Waals surface area (Å²) < 4.78 is 0.657. The van der Waals surface area contributed by atoms with E-state index < -0.39 is 0 Å². The summed E-state index contributed by atoms with van der Waals surface area (Å²) in [6.45, 7) is 0.919. The maximum absolute atomic E-state index is 11.8. The molecule has 78 valence electrons. The number of halogens is 1. The molecule has 0 unspecified atom stereocenters. The van der Waals surface area contributed by atoms with Crippen molar-refractivity contribution in [3.8, 4) is 0 Å². The average molecular weight is 270 g/mol. The van der Waals surface area contributed by atoms with Gasteiger partial charge in [-0.15, -0.1) is 0 Å². The van der Waals surface area contributed by atoms with Crippen LogP contribution in [-0.2, 0) is 0 Å². The van der Waals surface area contributed by atoms with Crippen molar-refractivity contribution in [2.75, 3.05) is 13.1 Å². The normalized spacial score (nSPS) is 15.3. The van der Waals surface area contributed by atoms with Gasteiger partial charge in [0, 0.05) is 19.3 Å². The minimum absolute atomic E-state index is 0.315. The minimum atomic E-state index is -0.345. The molecule has 2 rings (SSSR count). The highest BCUT2D eigenvalue weighted by Gasteiger charge is 2.26. The minimum Gasteiger partial charge on any atom is -0.336 e. The van der Waals surface area contributed by atoms with Crippen molar-refractivity contribution >= 4 is 27.9 Å². The molecule has 0 atom stereocenters. The summed E-state index contributed by atoms with van der Waals surface area (Å²) in [5, 5.41) is 2.57. The lowest BCUT2D eigenvalue weighted by Crippen LogP contribution is -2.34. The van der Waals surface area contributed by atoms with E-state index in [0.29, 0.717) is 23.3 Å². The lowest BCUT2D eigenvalue weighted by atomic mass is 10.2. The Morgan fingerprint density at radius 1 is 1.53 bits per heavy atom. The summed E-state index contributed by atoms with van der Waals surface area (Å²) in [6.07, 6.45) is 1.44. The molecule has 0 bridgehead atoms. The van der Waals surface area contributed by atoms with Gasteiger partial charge in [0.25, 0.3) is 5.91 Å². The number of carbonyl (C=O) groups excluding carboxylic acids is 2. The summed E-state index contributed by atoms with van der Waals surface area (Å²) in [6, 6.07) is 2.95. The Hall–Kier alpha value is -1.43. The standard InChI is InChI=1S/C9H8BrN3O2/c10-7-2-1-6(5-12-7)8(14)13-4-3-11-9(13)15/h1-2,5H,3-4H2,(H,11,15). The summed E-state index contributed by atoms with van der Waals surface area (Å²) in [5.41, 5.74) is 0.412. The van der Waals surface area contributed by atoms with E-state index in [2.05, 4.69) is 26.2 Å². The number of urea groups is 1. The van der Waals surface area contributed by atoms with Crippen LogP contribution < -0.4 is 5.32 Å². The third-order valence-corrected chi connectivity index (χ3v) is 2.55. The number of hydrogen-bond donors (Lipinski definition) is 1. The van der Waals surface area contributed by atoms with Crippen LogP contribution in [0.1, 0.15) is 10.4 Å². The van der Waals surface area contributed by atoms with Crippen LogP contribution in [-0.4, -0.2) is 34.9 Å². The molecule has 2 heterocycles. The fourth-order valence-corrected chi connectivity index (χ4v) is 1.56. The van der Waals surface area contributed by atoms with Gasteiger partial charge in [0.05, 0.1) is 5.56 Å². The lowest BCUT2D eigenvalue weighted by Gasteiger charge is -2.11. The van der Waals surface area contributed by atoms with E-state index in [0.717, 1.165) is 0 Å². The molecule has 5 nitrogen and oxygen atoms in total. The number of nitrogens with one attached hydrogen (secondary N) is 1. The monoisotopic (exact) mass is 269 g/mol. The molecule has 6 heteroatoms. The molecule has 3 amide bonds. The second-order valence-electron chi connectivity index (χ2n) is 3.06. The summed E-state index contributed by atoms with van der Waals surface area (Å²) in [5.74, 6) is -0.315. The van der Waals surface area contributed by atoms with E-state index in [1.807, 2.05) is 0 Å². The van der Waals surface area contributed by atoms with Crippen molar-refractivity contribution in [1.29, 1.82) is 0 Å². The van der Waals surface area contributed by atoms with E-state index in [9.17, 15) is 9.59 Å². The van der Waals surface area contributed by atoms with Gasteiger partial charge < -0.3 is 5.32 Å². The SMILES string of the molecule is O=C1NCCN1C(=O)c1ccc(Br)nc1. The summed E-state index contributed by atoms with van der Waals surface area (Å²) in [4.78, 5) is 28.1. The molecule has 1 aromatic heterocycles. The van der Waals surface area contributed by atoms with Crippen molar-refractivity contribution in [3.05, 3.63) is 28.5 Å². The third-order valence-electron chi connectivity index (χ3n) is 2.08. The number of rotatable bonds is 1. The summed E-state index contributed by atoms with van der Waals surface area (Å²) >= 11 is 3.17. The molecule has 0 saturated carbocycles. The zero-order chi connectivity index (χ0) is 10.8. The fourth-order valence-electron chi connectivity index (χ4n) is 1.32. The number of hydrogen-bond acceptors (Lipinski definition) is 3. The van der Waals surface area contributed by atoms with Crippen LogP contribution in [0.25, 0.3) is 0 Å². The average Bonchev–Trinajstić information content (AvgIpc) is 2.65. The Bertz CT molecular complexity index is 404. The number of carbonyl (C=O) groups is 2. The Balaban J connectivity index is 2.20.